The summed E-state index contributed by atoms with van der Waals surface area (Å²) in [4.78, 5) is 16.9. The standard InChI is InChI=1S/C15H17ClN2O/c1-18-8-11(9-18)13-4-3-12(7-14(13)16)15(17-10-19)5-2-6-15/h3-4,7,11H,2,5-6,8-9H2,1H3. The largest absolute Gasteiger partial charge is 0.305 e. The zero-order chi connectivity index (χ0) is 13.5. The van der Waals surface area contributed by atoms with Gasteiger partial charge in [0.25, 0.3) is 0 Å². The van der Waals surface area contributed by atoms with Gasteiger partial charge in [0, 0.05) is 24.0 Å². The van der Waals surface area contributed by atoms with E-state index in [-0.39, 0.29) is 5.54 Å². The number of rotatable bonds is 3. The maximum atomic E-state index is 10.6. The van der Waals surface area contributed by atoms with Gasteiger partial charge in [-0.25, -0.2) is 4.79 Å². The molecule has 0 amide bonds. The molecule has 0 N–H and O–H groups in total. The number of nitrogens with zero attached hydrogens (tertiary/aromatic N) is 2. The Morgan fingerprint density at radius 2 is 2.16 bits per heavy atom. The molecule has 3 nitrogen and oxygen atoms in total. The van der Waals surface area contributed by atoms with Gasteiger partial charge in [-0.2, -0.15) is 4.99 Å². The van der Waals surface area contributed by atoms with Crippen LogP contribution in [-0.4, -0.2) is 31.1 Å². The summed E-state index contributed by atoms with van der Waals surface area (Å²) in [6, 6.07) is 6.18. The van der Waals surface area contributed by atoms with Crippen LogP contribution in [0.15, 0.2) is 23.2 Å². The van der Waals surface area contributed by atoms with Crippen molar-refractivity contribution in [3.63, 3.8) is 0 Å². The predicted molar refractivity (Wildman–Crippen MR) is 75.3 cm³/mol. The highest BCUT2D eigenvalue weighted by molar-refractivity contribution is 6.31. The molecule has 100 valence electrons. The smallest absolute Gasteiger partial charge is 0.235 e. The predicted octanol–water partition coefficient (Wildman–Crippen LogP) is 3.08. The van der Waals surface area contributed by atoms with E-state index in [9.17, 15) is 4.79 Å². The first-order chi connectivity index (χ1) is 9.14. The number of likely N-dealkylation sites (tertiary alicyclic amines) is 1. The number of isocyanates is 1. The third-order valence-electron chi connectivity index (χ3n) is 4.48. The number of benzene rings is 1. The van der Waals surface area contributed by atoms with E-state index in [4.69, 9.17) is 11.6 Å². The minimum atomic E-state index is -0.347. The van der Waals surface area contributed by atoms with Crippen molar-refractivity contribution in [3.8, 4) is 0 Å². The summed E-state index contributed by atoms with van der Waals surface area (Å²) in [6.45, 7) is 2.13. The van der Waals surface area contributed by atoms with Gasteiger partial charge in [-0.3, -0.25) is 0 Å². The lowest BCUT2D eigenvalue weighted by Gasteiger charge is -2.39. The molecule has 1 aromatic carbocycles. The zero-order valence-corrected chi connectivity index (χ0v) is 11.8. The average Bonchev–Trinajstić information content (AvgIpc) is 2.30. The lowest BCUT2D eigenvalue weighted by Crippen LogP contribution is -2.41. The van der Waals surface area contributed by atoms with Gasteiger partial charge in [-0.05, 0) is 43.5 Å². The Kier molecular flexibility index (Phi) is 3.22. The molecule has 4 heteroatoms. The molecule has 0 atom stereocenters. The Balaban J connectivity index is 1.89. The Morgan fingerprint density at radius 1 is 1.42 bits per heavy atom. The molecular weight excluding hydrogens is 260 g/mol. The topological polar surface area (TPSA) is 32.7 Å². The van der Waals surface area contributed by atoms with E-state index in [2.05, 4.69) is 29.1 Å². The monoisotopic (exact) mass is 276 g/mol. The van der Waals surface area contributed by atoms with Crippen LogP contribution < -0.4 is 0 Å². The van der Waals surface area contributed by atoms with Crippen molar-refractivity contribution in [2.45, 2.75) is 30.7 Å². The number of likely N-dealkylation sites (N-methyl/N-ethyl adjacent to an activating group) is 1. The van der Waals surface area contributed by atoms with E-state index in [1.54, 1.807) is 6.08 Å². The second-order valence-corrected chi connectivity index (χ2v) is 6.15. The lowest BCUT2D eigenvalue weighted by molar-refractivity contribution is 0.189. The summed E-state index contributed by atoms with van der Waals surface area (Å²) < 4.78 is 0. The fourth-order valence-electron chi connectivity index (χ4n) is 3.11. The summed E-state index contributed by atoms with van der Waals surface area (Å²) in [6.07, 6.45) is 4.67. The van der Waals surface area contributed by atoms with Crippen LogP contribution in [0.4, 0.5) is 0 Å². The summed E-state index contributed by atoms with van der Waals surface area (Å²) in [5, 5.41) is 0.808. The van der Waals surface area contributed by atoms with E-state index < -0.39 is 0 Å². The summed E-state index contributed by atoms with van der Waals surface area (Å²) in [7, 11) is 2.11. The molecule has 3 rings (SSSR count). The van der Waals surface area contributed by atoms with Crippen LogP contribution in [0.1, 0.15) is 36.3 Å². The number of hydrogen-bond acceptors (Lipinski definition) is 3. The van der Waals surface area contributed by atoms with Gasteiger partial charge in [0.05, 0.1) is 5.54 Å². The van der Waals surface area contributed by atoms with E-state index in [1.807, 2.05) is 6.07 Å². The third-order valence-corrected chi connectivity index (χ3v) is 4.81. The molecule has 2 aliphatic rings. The van der Waals surface area contributed by atoms with Crippen LogP contribution >= 0.6 is 11.6 Å². The average molecular weight is 277 g/mol. The number of carbonyl (C=O) groups excluding carboxylic acids is 1. The van der Waals surface area contributed by atoms with Crippen molar-refractivity contribution in [2.75, 3.05) is 20.1 Å². The molecule has 1 aliphatic carbocycles. The number of hydrogen-bond donors (Lipinski definition) is 0. The SMILES string of the molecule is CN1CC(c2ccc(C3(N=C=O)CCC3)cc2Cl)C1. The molecule has 2 fully saturated rings. The van der Waals surface area contributed by atoms with Gasteiger partial charge in [-0.15, -0.1) is 0 Å². The second-order valence-electron chi connectivity index (χ2n) is 5.74. The number of halogens is 1. The summed E-state index contributed by atoms with van der Waals surface area (Å²) in [5.41, 5.74) is 1.93. The summed E-state index contributed by atoms with van der Waals surface area (Å²) >= 11 is 6.41. The zero-order valence-electron chi connectivity index (χ0n) is 11.0. The van der Waals surface area contributed by atoms with Crippen molar-refractivity contribution >= 4 is 17.7 Å². The second kappa shape index (κ2) is 4.75. The Morgan fingerprint density at radius 3 is 2.63 bits per heavy atom. The van der Waals surface area contributed by atoms with Crippen LogP contribution in [-0.2, 0) is 10.3 Å². The molecule has 19 heavy (non-hydrogen) atoms. The van der Waals surface area contributed by atoms with E-state index in [0.717, 1.165) is 42.9 Å². The van der Waals surface area contributed by atoms with E-state index >= 15 is 0 Å². The Bertz CT molecular complexity index is 541. The van der Waals surface area contributed by atoms with Gasteiger partial charge in [0.2, 0.25) is 6.08 Å². The van der Waals surface area contributed by atoms with E-state index in [0.29, 0.717) is 5.92 Å². The maximum Gasteiger partial charge on any atom is 0.235 e. The Hall–Kier alpha value is -1.15. The van der Waals surface area contributed by atoms with Crippen LogP contribution in [0.5, 0.6) is 0 Å². The van der Waals surface area contributed by atoms with Gasteiger partial charge < -0.3 is 4.90 Å². The fraction of sp³-hybridized carbons (Fsp3) is 0.533. The highest BCUT2D eigenvalue weighted by Gasteiger charge is 2.39. The van der Waals surface area contributed by atoms with Gasteiger partial charge >= 0.3 is 0 Å². The Labute approximate surface area is 118 Å². The van der Waals surface area contributed by atoms with Crippen molar-refractivity contribution in [3.05, 3.63) is 34.3 Å². The molecular formula is C15H17ClN2O. The van der Waals surface area contributed by atoms with Crippen LogP contribution in [0.25, 0.3) is 0 Å². The van der Waals surface area contributed by atoms with Gasteiger partial charge in [0.15, 0.2) is 0 Å². The van der Waals surface area contributed by atoms with Gasteiger partial charge in [0.1, 0.15) is 0 Å². The molecule has 1 saturated heterocycles. The molecule has 0 bridgehead atoms. The van der Waals surface area contributed by atoms with Crippen molar-refractivity contribution in [2.24, 2.45) is 4.99 Å². The highest BCUT2D eigenvalue weighted by atomic mass is 35.5. The minimum absolute atomic E-state index is 0.347. The molecule has 1 heterocycles. The quantitative estimate of drug-likeness (QED) is 0.628. The fourth-order valence-corrected chi connectivity index (χ4v) is 3.44. The molecule has 1 saturated carbocycles. The molecule has 0 aromatic heterocycles. The normalized spacial score (nSPS) is 22.2. The minimum Gasteiger partial charge on any atom is -0.305 e. The number of aliphatic imine (C=N–C) groups is 1. The molecule has 0 spiro atoms. The summed E-state index contributed by atoms with van der Waals surface area (Å²) in [5.74, 6) is 0.540. The van der Waals surface area contributed by atoms with Crippen LogP contribution in [0.2, 0.25) is 5.02 Å². The van der Waals surface area contributed by atoms with Gasteiger partial charge in [-0.1, -0.05) is 23.7 Å². The first-order valence-corrected chi connectivity index (χ1v) is 7.10. The third kappa shape index (κ3) is 2.12. The first kappa shape index (κ1) is 12.9. The molecule has 1 aliphatic heterocycles. The maximum absolute atomic E-state index is 10.6. The van der Waals surface area contributed by atoms with Crippen molar-refractivity contribution < 1.29 is 4.79 Å². The van der Waals surface area contributed by atoms with Crippen LogP contribution in [0.3, 0.4) is 0 Å². The molecule has 1 aromatic rings. The highest BCUT2D eigenvalue weighted by Crippen LogP contribution is 2.46. The molecule has 0 unspecified atom stereocenters. The molecule has 0 radical (unpaired) electrons. The van der Waals surface area contributed by atoms with E-state index in [1.165, 1.54) is 5.56 Å². The first-order valence-electron chi connectivity index (χ1n) is 6.72. The lowest BCUT2D eigenvalue weighted by atomic mass is 9.72. The van der Waals surface area contributed by atoms with Crippen molar-refractivity contribution in [1.82, 2.24) is 4.90 Å². The van der Waals surface area contributed by atoms with Crippen LogP contribution in [0, 0.1) is 0 Å². The van der Waals surface area contributed by atoms with Crippen molar-refractivity contribution in [1.29, 1.82) is 0 Å².